The van der Waals surface area contributed by atoms with Crippen molar-refractivity contribution in [2.75, 3.05) is 0 Å². The third-order valence-corrected chi connectivity index (χ3v) is 4.37. The second kappa shape index (κ2) is 5.18. The second-order valence-electron chi connectivity index (χ2n) is 4.63. The van der Waals surface area contributed by atoms with Crippen molar-refractivity contribution in [3.8, 4) is 0 Å². The first-order valence-corrected chi connectivity index (χ1v) is 6.81. The van der Waals surface area contributed by atoms with Gasteiger partial charge in [0.1, 0.15) is 0 Å². The summed E-state index contributed by atoms with van der Waals surface area (Å²) in [5.74, 6) is 5.73. The monoisotopic (exact) mass is 261 g/mol. The molecule has 2 rings (SSSR count). The number of thiazole rings is 1. The lowest BCUT2D eigenvalue weighted by Gasteiger charge is -2.16. The predicted octanol–water partition coefficient (Wildman–Crippen LogP) is 2.93. The summed E-state index contributed by atoms with van der Waals surface area (Å²) in [6.07, 6.45) is 0. The van der Waals surface area contributed by atoms with E-state index in [2.05, 4.69) is 42.5 Å². The van der Waals surface area contributed by atoms with Crippen LogP contribution in [0.4, 0.5) is 0 Å². The molecule has 0 fully saturated rings. The van der Waals surface area contributed by atoms with Gasteiger partial charge in [0.2, 0.25) is 0 Å². The molecule has 0 bridgehead atoms. The summed E-state index contributed by atoms with van der Waals surface area (Å²) in [5.41, 5.74) is 7.73. The van der Waals surface area contributed by atoms with Crippen LogP contribution in [0.5, 0.6) is 0 Å². The number of aryl methyl sites for hydroxylation is 4. The zero-order chi connectivity index (χ0) is 13.3. The minimum atomic E-state index is 0.0236. The van der Waals surface area contributed by atoms with E-state index in [0.29, 0.717) is 0 Å². The van der Waals surface area contributed by atoms with E-state index < -0.39 is 0 Å². The maximum atomic E-state index is 5.73. The summed E-state index contributed by atoms with van der Waals surface area (Å²) in [6, 6.07) is 6.48. The van der Waals surface area contributed by atoms with E-state index >= 15 is 0 Å². The largest absolute Gasteiger partial charge is 0.271 e. The van der Waals surface area contributed by atoms with E-state index in [1.54, 1.807) is 11.3 Å². The van der Waals surface area contributed by atoms with Crippen LogP contribution >= 0.6 is 11.3 Å². The zero-order valence-corrected chi connectivity index (χ0v) is 12.1. The number of hydrogen-bond donors (Lipinski definition) is 2. The Morgan fingerprint density at radius 2 is 1.89 bits per heavy atom. The minimum absolute atomic E-state index is 0.0236. The van der Waals surface area contributed by atoms with Crippen molar-refractivity contribution in [1.82, 2.24) is 10.4 Å². The van der Waals surface area contributed by atoms with Crippen molar-refractivity contribution < 1.29 is 0 Å². The number of nitrogens with zero attached hydrogens (tertiary/aromatic N) is 1. The molecule has 1 aromatic heterocycles. The SMILES string of the molecule is Cc1nc(C)c(C(NN)c2ccc(C)c(C)c2)s1. The number of aromatic nitrogens is 1. The third-order valence-electron chi connectivity index (χ3n) is 3.23. The molecule has 1 aromatic carbocycles. The Labute approximate surface area is 112 Å². The maximum absolute atomic E-state index is 5.73. The molecule has 1 atom stereocenters. The molecule has 0 amide bonds. The average molecular weight is 261 g/mol. The maximum Gasteiger partial charge on any atom is 0.0900 e. The molecule has 1 heterocycles. The number of hydrogen-bond acceptors (Lipinski definition) is 4. The molecular weight excluding hydrogens is 242 g/mol. The highest BCUT2D eigenvalue weighted by molar-refractivity contribution is 7.11. The lowest BCUT2D eigenvalue weighted by atomic mass is 10.00. The summed E-state index contributed by atoms with van der Waals surface area (Å²) in [4.78, 5) is 5.66. The van der Waals surface area contributed by atoms with Crippen molar-refractivity contribution in [3.05, 3.63) is 50.5 Å². The number of hydrazine groups is 1. The number of nitrogens with two attached hydrogens (primary N) is 1. The van der Waals surface area contributed by atoms with Gasteiger partial charge < -0.3 is 0 Å². The third kappa shape index (κ3) is 2.46. The van der Waals surface area contributed by atoms with E-state index in [4.69, 9.17) is 5.84 Å². The fraction of sp³-hybridized carbons (Fsp3) is 0.357. The van der Waals surface area contributed by atoms with Crippen molar-refractivity contribution in [3.63, 3.8) is 0 Å². The molecule has 4 heteroatoms. The first-order valence-electron chi connectivity index (χ1n) is 6.00. The van der Waals surface area contributed by atoms with Crippen molar-refractivity contribution in [2.45, 2.75) is 33.7 Å². The summed E-state index contributed by atoms with van der Waals surface area (Å²) >= 11 is 1.70. The highest BCUT2D eigenvalue weighted by atomic mass is 32.1. The molecule has 0 radical (unpaired) electrons. The van der Waals surface area contributed by atoms with E-state index in [1.807, 2.05) is 13.8 Å². The topological polar surface area (TPSA) is 50.9 Å². The standard InChI is InChI=1S/C14H19N3S/c1-8-5-6-12(7-9(8)2)13(17-15)14-10(3)16-11(4)18-14/h5-7,13,17H,15H2,1-4H3. The highest BCUT2D eigenvalue weighted by Crippen LogP contribution is 2.30. The summed E-state index contributed by atoms with van der Waals surface area (Å²) in [7, 11) is 0. The van der Waals surface area contributed by atoms with Gasteiger partial charge in [-0.25, -0.2) is 10.4 Å². The predicted molar refractivity (Wildman–Crippen MR) is 76.7 cm³/mol. The van der Waals surface area contributed by atoms with E-state index in [1.165, 1.54) is 21.6 Å². The van der Waals surface area contributed by atoms with Gasteiger partial charge in [-0.1, -0.05) is 18.2 Å². The van der Waals surface area contributed by atoms with Crippen molar-refractivity contribution in [1.29, 1.82) is 0 Å². The number of nitrogens with one attached hydrogen (secondary N) is 1. The van der Waals surface area contributed by atoms with Crippen LogP contribution in [-0.4, -0.2) is 4.98 Å². The molecule has 0 aliphatic carbocycles. The van der Waals surface area contributed by atoms with Gasteiger partial charge in [0.15, 0.2) is 0 Å². The van der Waals surface area contributed by atoms with Gasteiger partial charge in [0, 0.05) is 0 Å². The number of rotatable bonds is 3. The normalized spacial score (nSPS) is 12.7. The van der Waals surface area contributed by atoms with Crippen molar-refractivity contribution in [2.24, 2.45) is 5.84 Å². The summed E-state index contributed by atoms with van der Waals surface area (Å²) in [5, 5.41) is 1.08. The molecule has 96 valence electrons. The summed E-state index contributed by atoms with van der Waals surface area (Å²) in [6.45, 7) is 8.29. The van der Waals surface area contributed by atoms with E-state index in [9.17, 15) is 0 Å². The minimum Gasteiger partial charge on any atom is -0.271 e. The lowest BCUT2D eigenvalue weighted by molar-refractivity contribution is 0.641. The van der Waals surface area contributed by atoms with Gasteiger partial charge >= 0.3 is 0 Å². The average Bonchev–Trinajstić information content (AvgIpc) is 2.64. The first kappa shape index (κ1) is 13.2. The molecule has 0 aliphatic rings. The van der Waals surface area contributed by atoms with Crippen LogP contribution in [0.15, 0.2) is 18.2 Å². The highest BCUT2D eigenvalue weighted by Gasteiger charge is 2.18. The molecule has 0 saturated heterocycles. The Bertz CT molecular complexity index is 560. The van der Waals surface area contributed by atoms with Gasteiger partial charge in [0.25, 0.3) is 0 Å². The van der Waals surface area contributed by atoms with Gasteiger partial charge in [-0.2, -0.15) is 0 Å². The summed E-state index contributed by atoms with van der Waals surface area (Å²) < 4.78 is 0. The smallest absolute Gasteiger partial charge is 0.0900 e. The Morgan fingerprint density at radius 1 is 1.17 bits per heavy atom. The van der Waals surface area contributed by atoms with E-state index in [0.717, 1.165) is 10.7 Å². The Balaban J connectivity index is 2.45. The van der Waals surface area contributed by atoms with Gasteiger partial charge in [-0.15, -0.1) is 11.3 Å². The molecule has 0 aliphatic heterocycles. The molecule has 3 nitrogen and oxygen atoms in total. The van der Waals surface area contributed by atoms with Gasteiger partial charge in [0.05, 0.1) is 21.6 Å². The molecule has 18 heavy (non-hydrogen) atoms. The van der Waals surface area contributed by atoms with Crippen molar-refractivity contribution >= 4 is 11.3 Å². The van der Waals surface area contributed by atoms with Crippen LogP contribution in [0.1, 0.15) is 38.3 Å². The Morgan fingerprint density at radius 3 is 2.39 bits per heavy atom. The fourth-order valence-corrected chi connectivity index (χ4v) is 3.10. The fourth-order valence-electron chi connectivity index (χ4n) is 2.08. The molecule has 0 spiro atoms. The molecular formula is C14H19N3S. The van der Waals surface area contributed by atoms with Crippen LogP contribution in [0, 0.1) is 27.7 Å². The Kier molecular flexibility index (Phi) is 3.80. The quantitative estimate of drug-likeness (QED) is 0.660. The van der Waals surface area contributed by atoms with Crippen LogP contribution in [0.3, 0.4) is 0 Å². The van der Waals surface area contributed by atoms with Crippen LogP contribution in [0.25, 0.3) is 0 Å². The van der Waals surface area contributed by atoms with Gasteiger partial charge in [-0.3, -0.25) is 5.84 Å². The lowest BCUT2D eigenvalue weighted by Crippen LogP contribution is -2.28. The zero-order valence-electron chi connectivity index (χ0n) is 11.2. The van der Waals surface area contributed by atoms with Crippen LogP contribution < -0.4 is 11.3 Å². The second-order valence-corrected chi connectivity index (χ2v) is 5.86. The number of benzene rings is 1. The van der Waals surface area contributed by atoms with Crippen LogP contribution in [0.2, 0.25) is 0 Å². The molecule has 2 aromatic rings. The molecule has 1 unspecified atom stereocenters. The van der Waals surface area contributed by atoms with E-state index in [-0.39, 0.29) is 6.04 Å². The Hall–Kier alpha value is -1.23. The molecule has 0 saturated carbocycles. The van der Waals surface area contributed by atoms with Crippen LogP contribution in [-0.2, 0) is 0 Å². The first-order chi connectivity index (χ1) is 8.52. The van der Waals surface area contributed by atoms with Gasteiger partial charge in [-0.05, 0) is 44.4 Å². The molecule has 3 N–H and O–H groups in total.